The highest BCUT2D eigenvalue weighted by atomic mass is 32.2. The van der Waals surface area contributed by atoms with Crippen LogP contribution in [0.25, 0.3) is 11.4 Å². The van der Waals surface area contributed by atoms with Gasteiger partial charge in [0.2, 0.25) is 11.7 Å². The lowest BCUT2D eigenvalue weighted by molar-refractivity contribution is 0.0611. The van der Waals surface area contributed by atoms with Crippen molar-refractivity contribution in [3.63, 3.8) is 0 Å². The van der Waals surface area contributed by atoms with Crippen LogP contribution in [0.15, 0.2) is 57.9 Å². The molecule has 1 amide bonds. The van der Waals surface area contributed by atoms with Crippen molar-refractivity contribution in [1.82, 2.24) is 19.9 Å². The fourth-order valence-electron chi connectivity index (χ4n) is 4.45. The normalized spacial score (nSPS) is 19.0. The Labute approximate surface area is 204 Å². The van der Waals surface area contributed by atoms with Crippen molar-refractivity contribution < 1.29 is 14.1 Å². The molecule has 2 aliphatic rings. The molecule has 1 unspecified atom stereocenters. The van der Waals surface area contributed by atoms with Gasteiger partial charge in [-0.1, -0.05) is 41.6 Å². The minimum Gasteiger partial charge on any atom is -0.377 e. The van der Waals surface area contributed by atoms with Crippen molar-refractivity contribution in [2.75, 3.05) is 38.5 Å². The first kappa shape index (κ1) is 23.1. The number of hydrogen-bond acceptors (Lipinski definition) is 7. The number of carbonyl (C=O) groups is 1. The third-order valence-corrected chi connectivity index (χ3v) is 7.64. The highest BCUT2D eigenvalue weighted by molar-refractivity contribution is 7.99. The van der Waals surface area contributed by atoms with Crippen LogP contribution in [-0.4, -0.2) is 70.5 Å². The van der Waals surface area contributed by atoms with Crippen LogP contribution in [0.5, 0.6) is 0 Å². The number of aromatic nitrogens is 2. The highest BCUT2D eigenvalue weighted by Crippen LogP contribution is 2.28. The molecular formula is C26H30N4O3S. The molecule has 1 atom stereocenters. The quantitative estimate of drug-likeness (QED) is 0.470. The van der Waals surface area contributed by atoms with E-state index in [1.54, 1.807) is 11.8 Å². The Kier molecular flexibility index (Phi) is 7.27. The van der Waals surface area contributed by atoms with Crippen LogP contribution >= 0.6 is 11.8 Å². The second-order valence-electron chi connectivity index (χ2n) is 8.84. The van der Waals surface area contributed by atoms with Crippen LogP contribution in [0, 0.1) is 6.92 Å². The summed E-state index contributed by atoms with van der Waals surface area (Å²) < 4.78 is 11.3. The Morgan fingerprint density at radius 1 is 1.09 bits per heavy atom. The van der Waals surface area contributed by atoms with Gasteiger partial charge in [0.05, 0.1) is 18.2 Å². The van der Waals surface area contributed by atoms with Gasteiger partial charge in [-0.15, -0.1) is 11.8 Å². The molecular weight excluding hydrogens is 448 g/mol. The molecule has 2 aliphatic heterocycles. The number of nitrogens with zero attached hydrogens (tertiary/aromatic N) is 4. The molecule has 8 heteroatoms. The SMILES string of the molecule is Cc1ccccc1-c1noc(CN2CCN(C(=O)c3ccccc3SCC3CCCO3)CC2)n1. The molecule has 34 heavy (non-hydrogen) atoms. The molecule has 5 rings (SSSR count). The number of benzene rings is 2. The number of thioether (sulfide) groups is 1. The highest BCUT2D eigenvalue weighted by Gasteiger charge is 2.25. The zero-order valence-electron chi connectivity index (χ0n) is 19.5. The topological polar surface area (TPSA) is 71.7 Å². The van der Waals surface area contributed by atoms with Crippen LogP contribution < -0.4 is 0 Å². The van der Waals surface area contributed by atoms with E-state index in [-0.39, 0.29) is 5.91 Å². The number of ether oxygens (including phenoxy) is 1. The summed E-state index contributed by atoms with van der Waals surface area (Å²) in [7, 11) is 0. The maximum Gasteiger partial charge on any atom is 0.255 e. The van der Waals surface area contributed by atoms with Gasteiger partial charge in [0.15, 0.2) is 0 Å². The Morgan fingerprint density at radius 3 is 2.68 bits per heavy atom. The van der Waals surface area contributed by atoms with Crippen molar-refractivity contribution in [2.24, 2.45) is 0 Å². The molecule has 3 aromatic rings. The van der Waals surface area contributed by atoms with E-state index in [1.165, 1.54) is 0 Å². The second-order valence-corrected chi connectivity index (χ2v) is 9.90. The summed E-state index contributed by atoms with van der Waals surface area (Å²) in [4.78, 5) is 23.1. The Balaban J connectivity index is 1.16. The summed E-state index contributed by atoms with van der Waals surface area (Å²) in [6.07, 6.45) is 2.54. The smallest absolute Gasteiger partial charge is 0.255 e. The van der Waals surface area contributed by atoms with Crippen molar-refractivity contribution in [2.45, 2.75) is 37.3 Å². The van der Waals surface area contributed by atoms with Crippen LogP contribution in [0.2, 0.25) is 0 Å². The molecule has 0 aliphatic carbocycles. The third-order valence-electron chi connectivity index (χ3n) is 6.44. The van der Waals surface area contributed by atoms with Gasteiger partial charge < -0.3 is 14.2 Å². The van der Waals surface area contributed by atoms with Crippen LogP contribution in [0.1, 0.15) is 34.7 Å². The van der Waals surface area contributed by atoms with Gasteiger partial charge in [0.1, 0.15) is 0 Å². The summed E-state index contributed by atoms with van der Waals surface area (Å²) >= 11 is 1.73. The maximum absolute atomic E-state index is 13.3. The number of aryl methyl sites for hydroxylation is 1. The maximum atomic E-state index is 13.3. The molecule has 1 aromatic heterocycles. The van der Waals surface area contributed by atoms with E-state index in [4.69, 9.17) is 9.26 Å². The summed E-state index contributed by atoms with van der Waals surface area (Å²) in [5.41, 5.74) is 2.90. The summed E-state index contributed by atoms with van der Waals surface area (Å²) in [5, 5.41) is 4.16. The van der Waals surface area contributed by atoms with E-state index in [9.17, 15) is 4.79 Å². The lowest BCUT2D eigenvalue weighted by Gasteiger charge is -2.34. The largest absolute Gasteiger partial charge is 0.377 e. The Morgan fingerprint density at radius 2 is 1.88 bits per heavy atom. The monoisotopic (exact) mass is 478 g/mol. The van der Waals surface area contributed by atoms with Gasteiger partial charge in [0.25, 0.3) is 5.91 Å². The first-order valence-electron chi connectivity index (χ1n) is 11.9. The van der Waals surface area contributed by atoms with Gasteiger partial charge in [-0.05, 0) is 37.5 Å². The Bertz CT molecular complexity index is 1120. The summed E-state index contributed by atoms with van der Waals surface area (Å²) in [5.74, 6) is 2.23. The number of amides is 1. The first-order valence-corrected chi connectivity index (χ1v) is 12.9. The minimum atomic E-state index is 0.106. The lowest BCUT2D eigenvalue weighted by atomic mass is 10.1. The van der Waals surface area contributed by atoms with E-state index >= 15 is 0 Å². The van der Waals surface area contributed by atoms with Crippen molar-refractivity contribution in [1.29, 1.82) is 0 Å². The average molecular weight is 479 g/mol. The molecule has 0 radical (unpaired) electrons. The second kappa shape index (κ2) is 10.7. The van der Waals surface area contributed by atoms with Crippen molar-refractivity contribution >= 4 is 17.7 Å². The third kappa shape index (κ3) is 5.35. The predicted octanol–water partition coefficient (Wildman–Crippen LogP) is 4.27. The molecule has 2 fully saturated rings. The zero-order chi connectivity index (χ0) is 23.3. The van der Waals surface area contributed by atoms with Crippen LogP contribution in [-0.2, 0) is 11.3 Å². The number of piperazine rings is 1. The molecule has 2 aromatic carbocycles. The van der Waals surface area contributed by atoms with Gasteiger partial charge in [-0.3, -0.25) is 9.69 Å². The predicted molar refractivity (Wildman–Crippen MR) is 132 cm³/mol. The van der Waals surface area contributed by atoms with Crippen LogP contribution in [0.4, 0.5) is 0 Å². The van der Waals surface area contributed by atoms with Crippen LogP contribution in [0.3, 0.4) is 0 Å². The fraction of sp³-hybridized carbons (Fsp3) is 0.423. The minimum absolute atomic E-state index is 0.106. The molecule has 0 bridgehead atoms. The average Bonchev–Trinajstić information content (AvgIpc) is 3.56. The number of hydrogen-bond donors (Lipinski definition) is 0. The summed E-state index contributed by atoms with van der Waals surface area (Å²) in [6.45, 7) is 6.41. The number of rotatable bonds is 7. The molecule has 3 heterocycles. The molecule has 0 spiro atoms. The molecule has 178 valence electrons. The van der Waals surface area contributed by atoms with E-state index in [0.29, 0.717) is 37.5 Å². The standard InChI is InChI=1S/C26H30N4O3S/c1-19-7-2-3-9-21(19)25-27-24(33-28-25)17-29-12-14-30(15-13-29)26(31)22-10-4-5-11-23(22)34-18-20-8-6-16-32-20/h2-5,7,9-11,20H,6,8,12-18H2,1H3. The van der Waals surface area contributed by atoms with E-state index in [1.807, 2.05) is 60.4 Å². The molecule has 7 nitrogen and oxygen atoms in total. The summed E-state index contributed by atoms with van der Waals surface area (Å²) in [6, 6.07) is 16.0. The Hall–Kier alpha value is -2.68. The zero-order valence-corrected chi connectivity index (χ0v) is 20.3. The van der Waals surface area contributed by atoms with Crippen molar-refractivity contribution in [3.05, 3.63) is 65.5 Å². The van der Waals surface area contributed by atoms with Gasteiger partial charge in [-0.2, -0.15) is 4.98 Å². The fourth-order valence-corrected chi connectivity index (χ4v) is 5.56. The molecule has 0 saturated carbocycles. The number of carbonyl (C=O) groups excluding carboxylic acids is 1. The van der Waals surface area contributed by atoms with Gasteiger partial charge in [0, 0.05) is 49.0 Å². The lowest BCUT2D eigenvalue weighted by Crippen LogP contribution is -2.48. The van der Waals surface area contributed by atoms with Gasteiger partial charge >= 0.3 is 0 Å². The van der Waals surface area contributed by atoms with Crippen molar-refractivity contribution in [3.8, 4) is 11.4 Å². The molecule has 0 N–H and O–H groups in total. The van der Waals surface area contributed by atoms with Gasteiger partial charge in [-0.25, -0.2) is 0 Å². The molecule has 2 saturated heterocycles. The van der Waals surface area contributed by atoms with E-state index in [2.05, 4.69) is 15.0 Å². The van der Waals surface area contributed by atoms with E-state index in [0.717, 1.165) is 59.9 Å². The van der Waals surface area contributed by atoms with E-state index < -0.39 is 0 Å². The first-order chi connectivity index (χ1) is 16.7.